The third-order valence-corrected chi connectivity index (χ3v) is 7.41. The fourth-order valence-electron chi connectivity index (χ4n) is 6.32. The van der Waals surface area contributed by atoms with E-state index in [2.05, 4.69) is 40.5 Å². The summed E-state index contributed by atoms with van der Waals surface area (Å²) in [5, 5.41) is 0. The van der Waals surface area contributed by atoms with Crippen LogP contribution >= 0.6 is 0 Å². The summed E-state index contributed by atoms with van der Waals surface area (Å²) >= 11 is 0. The molecule has 2 saturated heterocycles. The molecule has 3 fully saturated rings. The fourth-order valence-corrected chi connectivity index (χ4v) is 6.32. The van der Waals surface area contributed by atoms with E-state index in [1.54, 1.807) is 11.1 Å². The number of nitrogens with zero attached hydrogens (tertiary/aromatic N) is 5. The molecule has 8 heteroatoms. The average molecular weight is 458 g/mol. The molecule has 0 aromatic carbocycles. The zero-order valence-electron chi connectivity index (χ0n) is 20.5. The molecule has 1 saturated carbocycles. The van der Waals surface area contributed by atoms with Gasteiger partial charge in [-0.1, -0.05) is 20.8 Å². The van der Waals surface area contributed by atoms with E-state index in [1.807, 2.05) is 0 Å². The quantitative estimate of drug-likeness (QED) is 0.597. The van der Waals surface area contributed by atoms with E-state index >= 15 is 0 Å². The number of hydrogen-bond acceptors (Lipinski definition) is 6. The first kappa shape index (κ1) is 24.1. The van der Waals surface area contributed by atoms with E-state index in [0.717, 1.165) is 58.7 Å². The van der Waals surface area contributed by atoms with E-state index in [1.165, 1.54) is 18.8 Å². The number of carbonyl (C=O) groups is 2. The van der Waals surface area contributed by atoms with Gasteiger partial charge in [-0.05, 0) is 36.5 Å². The predicted octanol–water partition coefficient (Wildman–Crippen LogP) is 2.46. The van der Waals surface area contributed by atoms with Gasteiger partial charge in [-0.3, -0.25) is 19.5 Å². The maximum absolute atomic E-state index is 13.3. The van der Waals surface area contributed by atoms with Gasteiger partial charge in [-0.15, -0.1) is 0 Å². The van der Waals surface area contributed by atoms with Gasteiger partial charge in [-0.2, -0.15) is 0 Å². The molecule has 1 aromatic rings. The fraction of sp³-hybridized carbons (Fsp3) is 0.760. The lowest BCUT2D eigenvalue weighted by molar-refractivity contribution is -0.132. The van der Waals surface area contributed by atoms with Crippen LogP contribution in [-0.4, -0.2) is 95.0 Å². The summed E-state index contributed by atoms with van der Waals surface area (Å²) in [5.74, 6) is 0.0256. The Balaban J connectivity index is 1.36. The van der Waals surface area contributed by atoms with Gasteiger partial charge in [-0.25, -0.2) is 4.98 Å². The van der Waals surface area contributed by atoms with Crippen LogP contribution in [0.3, 0.4) is 0 Å². The van der Waals surface area contributed by atoms with E-state index in [-0.39, 0.29) is 22.6 Å². The molecule has 1 aliphatic carbocycles. The van der Waals surface area contributed by atoms with Crippen molar-refractivity contribution >= 4 is 11.8 Å². The normalized spacial score (nSPS) is 26.9. The second kappa shape index (κ2) is 10.1. The van der Waals surface area contributed by atoms with Gasteiger partial charge in [0.2, 0.25) is 5.91 Å². The van der Waals surface area contributed by atoms with Crippen LogP contribution < -0.4 is 0 Å². The minimum Gasteiger partial charge on any atom is -0.379 e. The highest BCUT2D eigenvalue weighted by Gasteiger charge is 2.50. The van der Waals surface area contributed by atoms with Gasteiger partial charge in [0.05, 0.1) is 19.4 Å². The van der Waals surface area contributed by atoms with Crippen LogP contribution in [-0.2, 0) is 9.53 Å². The molecule has 8 nitrogen and oxygen atoms in total. The van der Waals surface area contributed by atoms with Gasteiger partial charge >= 0.3 is 0 Å². The summed E-state index contributed by atoms with van der Waals surface area (Å²) in [6.07, 6.45) is 9.16. The topological polar surface area (TPSA) is 78.9 Å². The zero-order valence-corrected chi connectivity index (χ0v) is 20.5. The van der Waals surface area contributed by atoms with Crippen molar-refractivity contribution in [1.29, 1.82) is 0 Å². The number of fused-ring (bicyclic) bond motifs is 2. The summed E-state index contributed by atoms with van der Waals surface area (Å²) < 4.78 is 5.42. The Hall–Kier alpha value is -2.06. The van der Waals surface area contributed by atoms with Crippen LogP contribution in [0.1, 0.15) is 63.4 Å². The van der Waals surface area contributed by atoms with Gasteiger partial charge < -0.3 is 14.5 Å². The smallest absolute Gasteiger partial charge is 0.274 e. The van der Waals surface area contributed by atoms with Crippen molar-refractivity contribution in [2.24, 2.45) is 10.8 Å². The Morgan fingerprint density at radius 3 is 2.67 bits per heavy atom. The lowest BCUT2D eigenvalue weighted by Gasteiger charge is -2.39. The predicted molar refractivity (Wildman–Crippen MR) is 126 cm³/mol. The molecule has 2 aliphatic heterocycles. The van der Waals surface area contributed by atoms with Crippen molar-refractivity contribution in [3.8, 4) is 0 Å². The molecule has 2 bridgehead atoms. The monoisotopic (exact) mass is 457 g/mol. The molecular weight excluding hydrogens is 418 g/mol. The summed E-state index contributed by atoms with van der Waals surface area (Å²) in [5.41, 5.74) is 0.831. The van der Waals surface area contributed by atoms with Crippen LogP contribution in [0.5, 0.6) is 0 Å². The molecular formula is C25H39N5O3. The van der Waals surface area contributed by atoms with Crippen molar-refractivity contribution in [3.05, 3.63) is 24.3 Å². The number of rotatable bonds is 8. The van der Waals surface area contributed by atoms with Crippen LogP contribution in [0.2, 0.25) is 0 Å². The highest BCUT2D eigenvalue weighted by Crippen LogP contribution is 2.52. The molecule has 4 rings (SSSR count). The van der Waals surface area contributed by atoms with Crippen LogP contribution in [0, 0.1) is 10.8 Å². The third kappa shape index (κ3) is 6.09. The first-order valence-electron chi connectivity index (χ1n) is 12.4. The maximum Gasteiger partial charge on any atom is 0.274 e. The Morgan fingerprint density at radius 2 is 1.94 bits per heavy atom. The van der Waals surface area contributed by atoms with Gasteiger partial charge in [0, 0.05) is 64.1 Å². The first-order valence-corrected chi connectivity index (χ1v) is 12.4. The Bertz CT molecular complexity index is 827. The Kier molecular flexibility index (Phi) is 7.34. The molecule has 182 valence electrons. The molecule has 1 aromatic heterocycles. The minimum atomic E-state index is -0.147. The number of morpholine rings is 1. The first-order chi connectivity index (χ1) is 15.7. The number of aromatic nitrogens is 2. The highest BCUT2D eigenvalue weighted by atomic mass is 16.5. The summed E-state index contributed by atoms with van der Waals surface area (Å²) in [6.45, 7) is 13.1. The van der Waals surface area contributed by atoms with E-state index < -0.39 is 0 Å². The molecule has 0 radical (unpaired) electrons. The van der Waals surface area contributed by atoms with Crippen LogP contribution in [0.25, 0.3) is 0 Å². The molecule has 0 spiro atoms. The molecule has 2 atom stereocenters. The maximum atomic E-state index is 13.3. The van der Waals surface area contributed by atoms with Crippen LogP contribution in [0.4, 0.5) is 0 Å². The zero-order chi connectivity index (χ0) is 23.5. The Labute approximate surface area is 197 Å². The average Bonchev–Trinajstić information content (AvgIpc) is 3.05. The lowest BCUT2D eigenvalue weighted by atomic mass is 9.65. The van der Waals surface area contributed by atoms with Crippen molar-refractivity contribution in [1.82, 2.24) is 24.7 Å². The number of ether oxygens (including phenoxy) is 1. The minimum absolute atomic E-state index is 0.147. The van der Waals surface area contributed by atoms with E-state index in [9.17, 15) is 9.59 Å². The summed E-state index contributed by atoms with van der Waals surface area (Å²) in [4.78, 5) is 40.9. The van der Waals surface area contributed by atoms with Crippen molar-refractivity contribution < 1.29 is 14.3 Å². The number of carbonyl (C=O) groups excluding carboxylic acids is 2. The third-order valence-electron chi connectivity index (χ3n) is 7.41. The Morgan fingerprint density at radius 1 is 1.15 bits per heavy atom. The lowest BCUT2D eigenvalue weighted by Crippen LogP contribution is -2.42. The van der Waals surface area contributed by atoms with Gasteiger partial charge in [0.1, 0.15) is 5.69 Å². The highest BCUT2D eigenvalue weighted by molar-refractivity contribution is 5.92. The van der Waals surface area contributed by atoms with Crippen molar-refractivity contribution in [3.63, 3.8) is 0 Å². The van der Waals surface area contributed by atoms with Gasteiger partial charge in [0.25, 0.3) is 5.91 Å². The van der Waals surface area contributed by atoms with Crippen molar-refractivity contribution in [2.45, 2.75) is 58.9 Å². The SMILES string of the molecule is CC1(C)CC2CC(C)(CN2C(=O)CCN(CCCN2CCOCC2)C(=O)c2cnccn2)C1. The number of amides is 2. The van der Waals surface area contributed by atoms with E-state index in [0.29, 0.717) is 31.2 Å². The molecule has 2 amide bonds. The van der Waals surface area contributed by atoms with Gasteiger partial charge in [0.15, 0.2) is 0 Å². The standard InChI is InChI=1S/C25H39N5O3/c1-24(2)15-20-16-25(3,18-24)19-30(20)22(31)5-10-29(23(32)21-17-26-6-7-27-21)9-4-8-28-11-13-33-14-12-28/h6-7,17,20H,4-5,8-16,18-19H2,1-3H3. The molecule has 3 aliphatic rings. The second-order valence-corrected chi connectivity index (χ2v) is 11.2. The number of likely N-dealkylation sites (tertiary alicyclic amines) is 1. The second-order valence-electron chi connectivity index (χ2n) is 11.2. The number of hydrogen-bond donors (Lipinski definition) is 0. The molecule has 33 heavy (non-hydrogen) atoms. The van der Waals surface area contributed by atoms with E-state index in [4.69, 9.17) is 4.74 Å². The summed E-state index contributed by atoms with van der Waals surface area (Å²) in [6, 6.07) is 0.330. The summed E-state index contributed by atoms with van der Waals surface area (Å²) in [7, 11) is 0. The molecule has 2 unspecified atom stereocenters. The largest absolute Gasteiger partial charge is 0.379 e. The van der Waals surface area contributed by atoms with Crippen molar-refractivity contribution in [2.75, 3.05) is 52.5 Å². The van der Waals surface area contributed by atoms with Crippen LogP contribution in [0.15, 0.2) is 18.6 Å². The molecule has 0 N–H and O–H groups in total. The molecule has 3 heterocycles.